The molecule has 1 aromatic carbocycles. The van der Waals surface area contributed by atoms with E-state index in [0.717, 1.165) is 12.1 Å². The maximum Gasteiger partial charge on any atom is 0.217 e. The van der Waals surface area contributed by atoms with Gasteiger partial charge in [0.25, 0.3) is 0 Å². The highest BCUT2D eigenvalue weighted by molar-refractivity contribution is 5.72. The van der Waals surface area contributed by atoms with Gasteiger partial charge >= 0.3 is 0 Å². The number of rotatable bonds is 3. The van der Waals surface area contributed by atoms with Crippen molar-refractivity contribution < 1.29 is 18.7 Å². The number of aliphatic hydroxyl groups excluding tert-OH is 1. The largest absolute Gasteiger partial charge is 0.392 e. The van der Waals surface area contributed by atoms with Crippen LogP contribution in [-0.2, 0) is 17.9 Å². The zero-order chi connectivity index (χ0) is 11.4. The molecular weight excluding hydrogens is 204 g/mol. The first-order valence-electron chi connectivity index (χ1n) is 4.36. The lowest BCUT2D eigenvalue weighted by Crippen LogP contribution is -2.20. The van der Waals surface area contributed by atoms with Crippen molar-refractivity contribution in [1.29, 1.82) is 0 Å². The molecule has 0 bridgehead atoms. The zero-order valence-corrected chi connectivity index (χ0v) is 8.18. The molecule has 1 rings (SSSR count). The van der Waals surface area contributed by atoms with Gasteiger partial charge in [-0.05, 0) is 12.1 Å². The molecule has 0 atom stereocenters. The normalized spacial score (nSPS) is 10.1. The predicted molar refractivity (Wildman–Crippen MR) is 49.8 cm³/mol. The van der Waals surface area contributed by atoms with Crippen LogP contribution in [0.15, 0.2) is 12.1 Å². The van der Waals surface area contributed by atoms with E-state index in [1.807, 2.05) is 0 Å². The Labute approximate surface area is 85.7 Å². The third-order valence-corrected chi connectivity index (χ3v) is 1.91. The van der Waals surface area contributed by atoms with E-state index in [-0.39, 0.29) is 23.6 Å². The lowest BCUT2D eigenvalue weighted by atomic mass is 10.1. The molecule has 0 spiro atoms. The zero-order valence-electron chi connectivity index (χ0n) is 8.18. The number of hydrogen-bond donors (Lipinski definition) is 2. The van der Waals surface area contributed by atoms with Crippen molar-refractivity contribution in [1.82, 2.24) is 5.32 Å². The van der Waals surface area contributed by atoms with E-state index in [4.69, 9.17) is 5.11 Å². The van der Waals surface area contributed by atoms with Gasteiger partial charge in [0.15, 0.2) is 0 Å². The summed E-state index contributed by atoms with van der Waals surface area (Å²) in [7, 11) is 0. The highest BCUT2D eigenvalue weighted by Crippen LogP contribution is 2.14. The van der Waals surface area contributed by atoms with Gasteiger partial charge in [0.2, 0.25) is 5.91 Å². The standard InChI is InChI=1S/C10H11F2NO2/c1-6(15)13-4-7-2-10(12)8(5-14)3-9(7)11/h2-3,14H,4-5H2,1H3,(H,13,15). The first-order valence-corrected chi connectivity index (χ1v) is 4.36. The molecule has 0 aliphatic carbocycles. The molecule has 15 heavy (non-hydrogen) atoms. The summed E-state index contributed by atoms with van der Waals surface area (Å²) in [6.07, 6.45) is 0. The minimum absolute atomic E-state index is 0.0555. The van der Waals surface area contributed by atoms with E-state index in [0.29, 0.717) is 0 Å². The molecule has 2 N–H and O–H groups in total. The molecule has 1 amide bonds. The van der Waals surface area contributed by atoms with Crippen molar-refractivity contribution in [2.75, 3.05) is 0 Å². The SMILES string of the molecule is CC(=O)NCc1cc(F)c(CO)cc1F. The summed E-state index contributed by atoms with van der Waals surface area (Å²) in [5.74, 6) is -1.64. The first-order chi connectivity index (χ1) is 7.04. The van der Waals surface area contributed by atoms with Gasteiger partial charge in [0.1, 0.15) is 11.6 Å². The van der Waals surface area contributed by atoms with E-state index in [2.05, 4.69) is 5.32 Å². The van der Waals surface area contributed by atoms with Crippen LogP contribution in [0.4, 0.5) is 8.78 Å². The third kappa shape index (κ3) is 2.99. The predicted octanol–water partition coefficient (Wildman–Crippen LogP) is 1.09. The number of halogens is 2. The minimum atomic E-state index is -0.681. The van der Waals surface area contributed by atoms with Gasteiger partial charge in [-0.2, -0.15) is 0 Å². The number of hydrogen-bond acceptors (Lipinski definition) is 2. The number of carbonyl (C=O) groups is 1. The van der Waals surface area contributed by atoms with Gasteiger partial charge in [-0.25, -0.2) is 8.78 Å². The maximum atomic E-state index is 13.2. The van der Waals surface area contributed by atoms with E-state index in [9.17, 15) is 13.6 Å². The van der Waals surface area contributed by atoms with Crippen molar-refractivity contribution >= 4 is 5.91 Å². The highest BCUT2D eigenvalue weighted by atomic mass is 19.1. The molecule has 0 aliphatic rings. The Hall–Kier alpha value is -1.49. The molecule has 1 aromatic rings. The summed E-state index contributed by atoms with van der Waals surface area (Å²) in [6.45, 7) is 0.670. The quantitative estimate of drug-likeness (QED) is 0.793. The van der Waals surface area contributed by atoms with Crippen LogP contribution >= 0.6 is 0 Å². The Bertz CT molecular complexity index is 380. The van der Waals surface area contributed by atoms with Crippen molar-refractivity contribution in [3.63, 3.8) is 0 Å². The molecule has 0 saturated heterocycles. The van der Waals surface area contributed by atoms with E-state index < -0.39 is 18.2 Å². The van der Waals surface area contributed by atoms with Crippen LogP contribution in [0.25, 0.3) is 0 Å². The molecule has 0 aliphatic heterocycles. The fourth-order valence-electron chi connectivity index (χ4n) is 1.11. The molecule has 0 aromatic heterocycles. The number of nitrogens with one attached hydrogen (secondary N) is 1. The average Bonchev–Trinajstić information content (AvgIpc) is 2.18. The van der Waals surface area contributed by atoms with Crippen LogP contribution in [-0.4, -0.2) is 11.0 Å². The molecule has 3 nitrogen and oxygen atoms in total. The van der Waals surface area contributed by atoms with E-state index in [1.54, 1.807) is 0 Å². The van der Waals surface area contributed by atoms with Gasteiger partial charge < -0.3 is 10.4 Å². The lowest BCUT2D eigenvalue weighted by molar-refractivity contribution is -0.119. The second kappa shape index (κ2) is 4.84. The summed E-state index contributed by atoms with van der Waals surface area (Å²) < 4.78 is 26.4. The molecule has 0 heterocycles. The molecule has 5 heteroatoms. The van der Waals surface area contributed by atoms with Crippen LogP contribution in [0.5, 0.6) is 0 Å². The first kappa shape index (κ1) is 11.6. The van der Waals surface area contributed by atoms with E-state index in [1.165, 1.54) is 6.92 Å². The molecule has 0 radical (unpaired) electrons. The molecule has 0 saturated carbocycles. The van der Waals surface area contributed by atoms with Gasteiger partial charge in [-0.15, -0.1) is 0 Å². The Morgan fingerprint density at radius 2 is 1.87 bits per heavy atom. The van der Waals surface area contributed by atoms with Gasteiger partial charge in [-0.3, -0.25) is 4.79 Å². The second-order valence-electron chi connectivity index (χ2n) is 3.10. The monoisotopic (exact) mass is 215 g/mol. The maximum absolute atomic E-state index is 13.2. The number of carbonyl (C=O) groups excluding carboxylic acids is 1. The number of amides is 1. The van der Waals surface area contributed by atoms with Crippen LogP contribution in [0.1, 0.15) is 18.1 Å². The lowest BCUT2D eigenvalue weighted by Gasteiger charge is -2.06. The van der Waals surface area contributed by atoms with Gasteiger partial charge in [0, 0.05) is 24.6 Å². The van der Waals surface area contributed by atoms with Crippen LogP contribution < -0.4 is 5.32 Å². The molecular formula is C10H11F2NO2. The number of benzene rings is 1. The summed E-state index contributed by atoms with van der Waals surface area (Å²) in [6, 6.07) is 1.89. The summed E-state index contributed by atoms with van der Waals surface area (Å²) >= 11 is 0. The molecule has 0 unspecified atom stereocenters. The Morgan fingerprint density at radius 3 is 2.40 bits per heavy atom. The van der Waals surface area contributed by atoms with Gasteiger partial charge in [0.05, 0.1) is 6.61 Å². The summed E-state index contributed by atoms with van der Waals surface area (Å²) in [4.78, 5) is 10.6. The Kier molecular flexibility index (Phi) is 3.74. The van der Waals surface area contributed by atoms with Crippen molar-refractivity contribution in [3.05, 3.63) is 34.9 Å². The van der Waals surface area contributed by atoms with Crippen LogP contribution in [0.3, 0.4) is 0 Å². The average molecular weight is 215 g/mol. The topological polar surface area (TPSA) is 49.3 Å². The van der Waals surface area contributed by atoms with Crippen molar-refractivity contribution in [2.45, 2.75) is 20.1 Å². The Balaban J connectivity index is 2.90. The number of aliphatic hydroxyl groups is 1. The molecule has 82 valence electrons. The fraction of sp³-hybridized carbons (Fsp3) is 0.300. The van der Waals surface area contributed by atoms with Crippen molar-refractivity contribution in [3.8, 4) is 0 Å². The Morgan fingerprint density at radius 1 is 1.33 bits per heavy atom. The fourth-order valence-corrected chi connectivity index (χ4v) is 1.11. The minimum Gasteiger partial charge on any atom is -0.392 e. The van der Waals surface area contributed by atoms with Gasteiger partial charge in [-0.1, -0.05) is 0 Å². The highest BCUT2D eigenvalue weighted by Gasteiger charge is 2.09. The van der Waals surface area contributed by atoms with Crippen molar-refractivity contribution in [2.24, 2.45) is 0 Å². The smallest absolute Gasteiger partial charge is 0.217 e. The van der Waals surface area contributed by atoms with E-state index >= 15 is 0 Å². The van der Waals surface area contributed by atoms with Crippen LogP contribution in [0.2, 0.25) is 0 Å². The third-order valence-electron chi connectivity index (χ3n) is 1.91. The second-order valence-corrected chi connectivity index (χ2v) is 3.10. The molecule has 0 fully saturated rings. The van der Waals surface area contributed by atoms with Crippen LogP contribution in [0, 0.1) is 11.6 Å². The summed E-state index contributed by atoms with van der Waals surface area (Å²) in [5.41, 5.74) is -0.0426. The summed E-state index contributed by atoms with van der Waals surface area (Å²) in [5, 5.41) is 11.0.